The van der Waals surface area contributed by atoms with Crippen molar-refractivity contribution in [2.24, 2.45) is 0 Å². The smallest absolute Gasteiger partial charge is 0.321 e. The third-order valence-electron chi connectivity index (χ3n) is 4.67. The van der Waals surface area contributed by atoms with Gasteiger partial charge in [-0.05, 0) is 67.6 Å². The summed E-state index contributed by atoms with van der Waals surface area (Å²) in [6, 6.07) is 12.0. The van der Waals surface area contributed by atoms with Gasteiger partial charge in [0.2, 0.25) is 0 Å². The van der Waals surface area contributed by atoms with Gasteiger partial charge >= 0.3 is 6.03 Å². The summed E-state index contributed by atoms with van der Waals surface area (Å²) >= 11 is 0. The Morgan fingerprint density at radius 2 is 1.76 bits per heavy atom. The van der Waals surface area contributed by atoms with E-state index < -0.39 is 0 Å². The molecule has 0 aliphatic carbocycles. The number of pyridine rings is 1. The van der Waals surface area contributed by atoms with E-state index in [2.05, 4.69) is 27.3 Å². The first kappa shape index (κ1) is 17.3. The molecule has 5 heteroatoms. The first-order valence-corrected chi connectivity index (χ1v) is 8.98. The number of amides is 2. The van der Waals surface area contributed by atoms with Crippen LogP contribution < -0.4 is 10.2 Å². The summed E-state index contributed by atoms with van der Waals surface area (Å²) in [6.07, 6.45) is 8.23. The van der Waals surface area contributed by atoms with Gasteiger partial charge in [-0.2, -0.15) is 0 Å². The highest BCUT2D eigenvalue weighted by atomic mass is 16.2. The first-order chi connectivity index (χ1) is 12.2. The van der Waals surface area contributed by atoms with Crippen LogP contribution in [0, 0.1) is 0 Å². The molecule has 1 aliphatic heterocycles. The van der Waals surface area contributed by atoms with E-state index >= 15 is 0 Å². The molecule has 0 atom stereocenters. The number of aromatic nitrogens is 1. The summed E-state index contributed by atoms with van der Waals surface area (Å²) in [5.74, 6) is 0. The fourth-order valence-corrected chi connectivity index (χ4v) is 3.07. The van der Waals surface area contributed by atoms with Crippen LogP contribution in [0.5, 0.6) is 0 Å². The number of anilines is 2. The van der Waals surface area contributed by atoms with E-state index in [0.717, 1.165) is 25.2 Å². The van der Waals surface area contributed by atoms with Crippen LogP contribution in [0.15, 0.2) is 48.8 Å². The van der Waals surface area contributed by atoms with Gasteiger partial charge in [-0.3, -0.25) is 4.98 Å². The van der Waals surface area contributed by atoms with Crippen LogP contribution in [-0.2, 0) is 6.42 Å². The van der Waals surface area contributed by atoms with Gasteiger partial charge in [-0.1, -0.05) is 0 Å². The van der Waals surface area contributed by atoms with Crippen LogP contribution >= 0.6 is 0 Å². The molecule has 2 aromatic rings. The zero-order chi connectivity index (χ0) is 17.5. The minimum Gasteiger partial charge on any atom is -0.372 e. The lowest BCUT2D eigenvalue weighted by atomic mass is 10.1. The predicted molar refractivity (Wildman–Crippen MR) is 102 cm³/mol. The summed E-state index contributed by atoms with van der Waals surface area (Å²) in [6.45, 7) is 2.93. The molecule has 1 aromatic heterocycles. The molecule has 25 heavy (non-hydrogen) atoms. The first-order valence-electron chi connectivity index (χ1n) is 8.98. The molecule has 0 saturated carbocycles. The number of urea groups is 1. The minimum atomic E-state index is -0.0835. The van der Waals surface area contributed by atoms with Crippen LogP contribution in [0.25, 0.3) is 0 Å². The Balaban J connectivity index is 1.49. The third kappa shape index (κ3) is 4.95. The Hall–Kier alpha value is -2.56. The second-order valence-corrected chi connectivity index (χ2v) is 6.55. The van der Waals surface area contributed by atoms with Crippen molar-refractivity contribution in [3.8, 4) is 0 Å². The summed E-state index contributed by atoms with van der Waals surface area (Å²) in [5.41, 5.74) is 3.26. The molecule has 1 N–H and O–H groups in total. The predicted octanol–water partition coefficient (Wildman–Crippen LogP) is 3.78. The highest BCUT2D eigenvalue weighted by Gasteiger charge is 2.12. The lowest BCUT2D eigenvalue weighted by Crippen LogP contribution is -2.33. The van der Waals surface area contributed by atoms with E-state index in [1.165, 1.54) is 30.5 Å². The summed E-state index contributed by atoms with van der Waals surface area (Å²) in [7, 11) is 1.82. The molecule has 1 saturated heterocycles. The third-order valence-corrected chi connectivity index (χ3v) is 4.67. The number of benzene rings is 1. The van der Waals surface area contributed by atoms with Gasteiger partial charge in [0.15, 0.2) is 0 Å². The SMILES string of the molecule is CN(CCc1ccncc1)C(=O)Nc1ccc(N2CCCCC2)cc1. The van der Waals surface area contributed by atoms with E-state index in [-0.39, 0.29) is 6.03 Å². The van der Waals surface area contributed by atoms with Crippen molar-refractivity contribution in [1.82, 2.24) is 9.88 Å². The van der Waals surface area contributed by atoms with E-state index in [1.807, 2.05) is 31.3 Å². The molecule has 2 heterocycles. The summed E-state index contributed by atoms with van der Waals surface area (Å²) in [4.78, 5) is 20.4. The number of nitrogens with zero attached hydrogens (tertiary/aromatic N) is 3. The van der Waals surface area contributed by atoms with Crippen LogP contribution in [0.4, 0.5) is 16.2 Å². The van der Waals surface area contributed by atoms with Crippen molar-refractivity contribution < 1.29 is 4.79 Å². The van der Waals surface area contributed by atoms with Gasteiger partial charge < -0.3 is 15.1 Å². The van der Waals surface area contributed by atoms with Crippen molar-refractivity contribution in [3.05, 3.63) is 54.4 Å². The zero-order valence-corrected chi connectivity index (χ0v) is 14.8. The fraction of sp³-hybridized carbons (Fsp3) is 0.400. The maximum absolute atomic E-state index is 12.3. The Bertz CT molecular complexity index is 666. The van der Waals surface area contributed by atoms with Gasteiger partial charge in [0.05, 0.1) is 0 Å². The molecular weight excluding hydrogens is 312 g/mol. The minimum absolute atomic E-state index is 0.0835. The van der Waals surface area contributed by atoms with Crippen LogP contribution in [0.2, 0.25) is 0 Å². The molecule has 132 valence electrons. The van der Waals surface area contributed by atoms with Gasteiger partial charge in [-0.15, -0.1) is 0 Å². The summed E-state index contributed by atoms with van der Waals surface area (Å²) < 4.78 is 0. The van der Waals surface area contributed by atoms with Crippen LogP contribution in [0.1, 0.15) is 24.8 Å². The van der Waals surface area contributed by atoms with Crippen LogP contribution in [0.3, 0.4) is 0 Å². The Morgan fingerprint density at radius 3 is 2.44 bits per heavy atom. The quantitative estimate of drug-likeness (QED) is 0.902. The molecule has 1 aliphatic rings. The van der Waals surface area contributed by atoms with Gasteiger partial charge in [0, 0.05) is 50.5 Å². The maximum Gasteiger partial charge on any atom is 0.321 e. The topological polar surface area (TPSA) is 48.5 Å². The van der Waals surface area contributed by atoms with Gasteiger partial charge in [0.1, 0.15) is 0 Å². The molecule has 3 rings (SSSR count). The molecule has 1 fully saturated rings. The lowest BCUT2D eigenvalue weighted by Gasteiger charge is -2.29. The molecule has 1 aromatic carbocycles. The van der Waals surface area contributed by atoms with Gasteiger partial charge in [0.25, 0.3) is 0 Å². The largest absolute Gasteiger partial charge is 0.372 e. The van der Waals surface area contributed by atoms with E-state index in [0.29, 0.717) is 6.54 Å². The highest BCUT2D eigenvalue weighted by Crippen LogP contribution is 2.21. The number of carbonyl (C=O) groups excluding carboxylic acids is 1. The van der Waals surface area contributed by atoms with Crippen molar-refractivity contribution in [3.63, 3.8) is 0 Å². The number of likely N-dealkylation sites (N-methyl/N-ethyl adjacent to an activating group) is 1. The highest BCUT2D eigenvalue weighted by molar-refractivity contribution is 5.89. The average Bonchev–Trinajstić information content (AvgIpc) is 2.68. The normalized spacial score (nSPS) is 14.2. The van der Waals surface area contributed by atoms with Crippen molar-refractivity contribution in [2.75, 3.05) is 36.9 Å². The maximum atomic E-state index is 12.3. The summed E-state index contributed by atoms with van der Waals surface area (Å²) in [5, 5.41) is 2.96. The number of piperidine rings is 1. The van der Waals surface area contributed by atoms with E-state index in [9.17, 15) is 4.79 Å². The molecule has 0 bridgehead atoms. The van der Waals surface area contributed by atoms with Gasteiger partial charge in [-0.25, -0.2) is 4.79 Å². The van der Waals surface area contributed by atoms with Crippen LogP contribution in [-0.4, -0.2) is 42.6 Å². The Morgan fingerprint density at radius 1 is 1.08 bits per heavy atom. The Kier molecular flexibility index (Phi) is 5.88. The monoisotopic (exact) mass is 338 g/mol. The molecule has 5 nitrogen and oxygen atoms in total. The van der Waals surface area contributed by atoms with E-state index in [1.54, 1.807) is 17.3 Å². The van der Waals surface area contributed by atoms with Crippen molar-refractivity contribution >= 4 is 17.4 Å². The number of rotatable bonds is 5. The molecule has 0 radical (unpaired) electrons. The molecule has 0 spiro atoms. The standard InChI is InChI=1S/C20H26N4O/c1-23(16-11-17-9-12-21-13-10-17)20(25)22-18-5-7-19(8-6-18)24-14-3-2-4-15-24/h5-10,12-13H,2-4,11,14-16H2,1H3,(H,22,25). The van der Waals surface area contributed by atoms with E-state index in [4.69, 9.17) is 0 Å². The number of hydrogen-bond donors (Lipinski definition) is 1. The molecule has 2 amide bonds. The number of nitrogens with one attached hydrogen (secondary N) is 1. The number of hydrogen-bond acceptors (Lipinski definition) is 3. The zero-order valence-electron chi connectivity index (χ0n) is 14.8. The second-order valence-electron chi connectivity index (χ2n) is 6.55. The molecule has 0 unspecified atom stereocenters. The Labute approximate surface area is 149 Å². The average molecular weight is 338 g/mol. The number of carbonyl (C=O) groups is 1. The van der Waals surface area contributed by atoms with Crippen molar-refractivity contribution in [2.45, 2.75) is 25.7 Å². The molecular formula is C20H26N4O. The second kappa shape index (κ2) is 8.51. The van der Waals surface area contributed by atoms with Crippen molar-refractivity contribution in [1.29, 1.82) is 0 Å². The lowest BCUT2D eigenvalue weighted by molar-refractivity contribution is 0.223. The fourth-order valence-electron chi connectivity index (χ4n) is 3.07.